The van der Waals surface area contributed by atoms with Crippen molar-refractivity contribution in [1.82, 2.24) is 4.90 Å². The number of aryl methyl sites for hydroxylation is 1. The number of methoxy groups -OCH3 is 1. The van der Waals surface area contributed by atoms with Crippen LogP contribution in [0.25, 0.3) is 0 Å². The summed E-state index contributed by atoms with van der Waals surface area (Å²) in [5.41, 5.74) is 2.13. The fourth-order valence-corrected chi connectivity index (χ4v) is 2.60. The van der Waals surface area contributed by atoms with Gasteiger partial charge in [0.2, 0.25) is 0 Å². The molecule has 0 bridgehead atoms. The first-order valence-corrected chi connectivity index (χ1v) is 6.89. The first-order valence-electron chi connectivity index (χ1n) is 6.10. The van der Waals surface area contributed by atoms with E-state index in [1.807, 2.05) is 32.2 Å². The maximum Gasteiger partial charge on any atom is 0.327 e. The number of hydrogen-bond donors (Lipinski definition) is 0. The van der Waals surface area contributed by atoms with Crippen LogP contribution >= 0.6 is 15.9 Å². The molecule has 0 radical (unpaired) electrons. The molecule has 18 heavy (non-hydrogen) atoms. The van der Waals surface area contributed by atoms with Crippen molar-refractivity contribution in [2.45, 2.75) is 31.8 Å². The number of benzene rings is 1. The summed E-state index contributed by atoms with van der Waals surface area (Å²) in [5, 5.41) is 0. The van der Waals surface area contributed by atoms with Crippen molar-refractivity contribution in [1.29, 1.82) is 0 Å². The van der Waals surface area contributed by atoms with E-state index in [4.69, 9.17) is 4.74 Å². The molecule has 0 spiro atoms. The highest BCUT2D eigenvalue weighted by Gasteiger charge is 2.36. The lowest BCUT2D eigenvalue weighted by atomic mass is 10.00. The zero-order valence-electron chi connectivity index (χ0n) is 10.9. The maximum atomic E-state index is 12.1. The molecule has 4 heteroatoms. The van der Waals surface area contributed by atoms with E-state index in [0.29, 0.717) is 6.04 Å². The summed E-state index contributed by atoms with van der Waals surface area (Å²) < 4.78 is 5.95. The molecule has 0 aliphatic heterocycles. The zero-order valence-corrected chi connectivity index (χ0v) is 12.5. The van der Waals surface area contributed by atoms with Gasteiger partial charge in [-0.05, 0) is 50.1 Å². The summed E-state index contributed by atoms with van der Waals surface area (Å²) in [7, 11) is 3.45. The first kappa shape index (κ1) is 13.6. The summed E-state index contributed by atoms with van der Waals surface area (Å²) in [4.78, 5) is 14.2. The van der Waals surface area contributed by atoms with Crippen LogP contribution in [0, 0.1) is 6.92 Å². The van der Waals surface area contributed by atoms with Gasteiger partial charge < -0.3 is 4.74 Å². The second-order valence-corrected chi connectivity index (χ2v) is 5.74. The third-order valence-corrected chi connectivity index (χ3v) is 3.98. The van der Waals surface area contributed by atoms with E-state index in [1.54, 1.807) is 0 Å². The monoisotopic (exact) mass is 311 g/mol. The van der Waals surface area contributed by atoms with Crippen LogP contribution in [0.2, 0.25) is 0 Å². The van der Waals surface area contributed by atoms with E-state index in [9.17, 15) is 4.79 Å². The molecular weight excluding hydrogens is 294 g/mol. The van der Waals surface area contributed by atoms with Gasteiger partial charge in [-0.3, -0.25) is 4.90 Å². The first-order chi connectivity index (χ1) is 8.54. The van der Waals surface area contributed by atoms with E-state index in [2.05, 4.69) is 20.8 Å². The number of esters is 1. The van der Waals surface area contributed by atoms with Crippen LogP contribution in [-0.4, -0.2) is 31.1 Å². The molecule has 2 rings (SSSR count). The van der Waals surface area contributed by atoms with Crippen LogP contribution in [0.15, 0.2) is 22.7 Å². The number of carbonyl (C=O) groups is 1. The predicted molar refractivity (Wildman–Crippen MR) is 74.4 cm³/mol. The molecule has 1 atom stereocenters. The zero-order chi connectivity index (χ0) is 13.3. The largest absolute Gasteiger partial charge is 0.468 e. The molecule has 1 aliphatic carbocycles. The Balaban J connectivity index is 2.38. The van der Waals surface area contributed by atoms with Gasteiger partial charge in [0.1, 0.15) is 6.04 Å². The van der Waals surface area contributed by atoms with Crippen LogP contribution in [0.3, 0.4) is 0 Å². The van der Waals surface area contributed by atoms with Gasteiger partial charge in [-0.15, -0.1) is 0 Å². The number of hydrogen-bond acceptors (Lipinski definition) is 3. The highest BCUT2D eigenvalue weighted by atomic mass is 79.9. The van der Waals surface area contributed by atoms with Gasteiger partial charge >= 0.3 is 5.97 Å². The number of ether oxygens (including phenoxy) is 1. The molecule has 0 N–H and O–H groups in total. The Labute approximate surface area is 116 Å². The summed E-state index contributed by atoms with van der Waals surface area (Å²) in [6.45, 7) is 2.03. The molecule has 0 amide bonds. The molecule has 0 heterocycles. The SMILES string of the molecule is COC(=O)C(c1cc(Br)ccc1C)N(C)C1CC1. The van der Waals surface area contributed by atoms with Gasteiger partial charge in [-0.1, -0.05) is 22.0 Å². The number of likely N-dealkylation sites (N-methyl/N-ethyl adjacent to an activating group) is 1. The molecule has 0 aromatic heterocycles. The second kappa shape index (κ2) is 5.41. The van der Waals surface area contributed by atoms with Crippen molar-refractivity contribution in [3.63, 3.8) is 0 Å². The minimum atomic E-state index is -0.306. The topological polar surface area (TPSA) is 29.5 Å². The smallest absolute Gasteiger partial charge is 0.327 e. The fourth-order valence-electron chi connectivity index (χ4n) is 2.22. The third kappa shape index (κ3) is 2.75. The van der Waals surface area contributed by atoms with Crippen molar-refractivity contribution in [3.8, 4) is 0 Å². The molecule has 1 fully saturated rings. The molecule has 3 nitrogen and oxygen atoms in total. The van der Waals surface area contributed by atoms with Gasteiger partial charge in [0.05, 0.1) is 7.11 Å². The van der Waals surface area contributed by atoms with E-state index >= 15 is 0 Å². The lowest BCUT2D eigenvalue weighted by Crippen LogP contribution is -2.33. The Hall–Kier alpha value is -0.870. The van der Waals surface area contributed by atoms with E-state index in [1.165, 1.54) is 7.11 Å². The molecule has 98 valence electrons. The van der Waals surface area contributed by atoms with Crippen molar-refractivity contribution < 1.29 is 9.53 Å². The van der Waals surface area contributed by atoms with E-state index < -0.39 is 0 Å². The number of nitrogens with zero attached hydrogens (tertiary/aromatic N) is 1. The van der Waals surface area contributed by atoms with Crippen LogP contribution in [0.1, 0.15) is 30.0 Å². The lowest BCUT2D eigenvalue weighted by molar-refractivity contribution is -0.147. The highest BCUT2D eigenvalue weighted by Crippen LogP contribution is 2.35. The number of halogens is 1. The van der Waals surface area contributed by atoms with Gasteiger partial charge in [0, 0.05) is 10.5 Å². The summed E-state index contributed by atoms with van der Waals surface area (Å²) in [6, 6.07) is 6.23. The number of carbonyl (C=O) groups excluding carboxylic acids is 1. The predicted octanol–water partition coefficient (Wildman–Crippen LogP) is 3.07. The fraction of sp³-hybridized carbons (Fsp3) is 0.500. The van der Waals surface area contributed by atoms with Gasteiger partial charge in [0.25, 0.3) is 0 Å². The number of rotatable bonds is 4. The van der Waals surface area contributed by atoms with Gasteiger partial charge in [0.15, 0.2) is 0 Å². The highest BCUT2D eigenvalue weighted by molar-refractivity contribution is 9.10. The van der Waals surface area contributed by atoms with Gasteiger partial charge in [-0.25, -0.2) is 4.79 Å². The van der Waals surface area contributed by atoms with E-state index in [0.717, 1.165) is 28.4 Å². The van der Waals surface area contributed by atoms with Crippen molar-refractivity contribution in [2.24, 2.45) is 0 Å². The molecular formula is C14H18BrNO2. The summed E-state index contributed by atoms with van der Waals surface area (Å²) in [5.74, 6) is -0.189. The second-order valence-electron chi connectivity index (χ2n) is 4.82. The van der Waals surface area contributed by atoms with Crippen LogP contribution < -0.4 is 0 Å². The Morgan fingerprint density at radius 2 is 2.17 bits per heavy atom. The molecule has 1 aromatic carbocycles. The standard InChI is InChI=1S/C14H18BrNO2/c1-9-4-5-10(15)8-12(9)13(14(17)18-3)16(2)11-6-7-11/h4-5,8,11,13H,6-7H2,1-3H3. The average molecular weight is 312 g/mol. The molecule has 1 aromatic rings. The Morgan fingerprint density at radius 3 is 2.72 bits per heavy atom. The lowest BCUT2D eigenvalue weighted by Gasteiger charge is -2.27. The average Bonchev–Trinajstić information content (AvgIpc) is 3.17. The quantitative estimate of drug-likeness (QED) is 0.800. The Kier molecular flexibility index (Phi) is 4.07. The van der Waals surface area contributed by atoms with Crippen LogP contribution in [0.4, 0.5) is 0 Å². The third-order valence-electron chi connectivity index (χ3n) is 3.49. The Bertz CT molecular complexity index is 457. The molecule has 1 saturated carbocycles. The molecule has 0 saturated heterocycles. The van der Waals surface area contributed by atoms with E-state index in [-0.39, 0.29) is 12.0 Å². The minimum absolute atomic E-state index is 0.189. The van der Waals surface area contributed by atoms with Gasteiger partial charge in [-0.2, -0.15) is 0 Å². The van der Waals surface area contributed by atoms with Crippen LogP contribution in [0.5, 0.6) is 0 Å². The summed E-state index contributed by atoms with van der Waals surface area (Å²) >= 11 is 3.47. The molecule has 1 aliphatic rings. The minimum Gasteiger partial charge on any atom is -0.468 e. The maximum absolute atomic E-state index is 12.1. The Morgan fingerprint density at radius 1 is 1.50 bits per heavy atom. The molecule has 1 unspecified atom stereocenters. The van der Waals surface area contributed by atoms with Crippen molar-refractivity contribution in [3.05, 3.63) is 33.8 Å². The van der Waals surface area contributed by atoms with Crippen molar-refractivity contribution in [2.75, 3.05) is 14.2 Å². The normalized spacial score (nSPS) is 16.7. The van der Waals surface area contributed by atoms with Crippen molar-refractivity contribution >= 4 is 21.9 Å². The summed E-state index contributed by atoms with van der Waals surface area (Å²) in [6.07, 6.45) is 2.33. The van der Waals surface area contributed by atoms with Crippen LogP contribution in [-0.2, 0) is 9.53 Å².